The molecule has 128 valence electrons. The van der Waals surface area contributed by atoms with Crippen molar-refractivity contribution in [1.82, 2.24) is 20.1 Å². The van der Waals surface area contributed by atoms with E-state index >= 15 is 0 Å². The Labute approximate surface area is 140 Å². The van der Waals surface area contributed by atoms with E-state index in [0.29, 0.717) is 18.8 Å². The van der Waals surface area contributed by atoms with Crippen LogP contribution >= 0.6 is 0 Å². The van der Waals surface area contributed by atoms with E-state index in [-0.39, 0.29) is 12.3 Å². The first-order valence-electron chi connectivity index (χ1n) is 7.57. The van der Waals surface area contributed by atoms with E-state index in [4.69, 9.17) is 0 Å². The summed E-state index contributed by atoms with van der Waals surface area (Å²) in [5, 5.41) is 9.87. The fourth-order valence-electron chi connectivity index (χ4n) is 2.24. The quantitative estimate of drug-likeness (QED) is 0.845. The standard InChI is InChI=1S/C16H21N5O3/c1-11-14(12-6-8-17-9-7-12)19-20-15(11)18-13(22)5-4-10-21(2)16(23)24-3/h6-9H,4-5,10H2,1-3H3,(H2,18,19,20,22). The molecule has 0 saturated heterocycles. The molecule has 0 bridgehead atoms. The highest BCUT2D eigenvalue weighted by Gasteiger charge is 2.14. The van der Waals surface area contributed by atoms with Gasteiger partial charge in [-0.15, -0.1) is 0 Å². The molecular formula is C16H21N5O3. The molecule has 0 aliphatic heterocycles. The van der Waals surface area contributed by atoms with Crippen molar-refractivity contribution in [2.75, 3.05) is 26.0 Å². The molecule has 0 radical (unpaired) electrons. The Balaban J connectivity index is 1.89. The van der Waals surface area contributed by atoms with Crippen molar-refractivity contribution >= 4 is 17.8 Å². The SMILES string of the molecule is COC(=O)N(C)CCCC(=O)Nc1n[nH]c(-c2ccncc2)c1C. The molecule has 0 atom stereocenters. The average Bonchev–Trinajstić information content (AvgIpc) is 2.95. The van der Waals surface area contributed by atoms with Crippen molar-refractivity contribution in [2.45, 2.75) is 19.8 Å². The van der Waals surface area contributed by atoms with Crippen molar-refractivity contribution in [2.24, 2.45) is 0 Å². The number of amides is 2. The minimum absolute atomic E-state index is 0.149. The summed E-state index contributed by atoms with van der Waals surface area (Å²) in [5.41, 5.74) is 2.66. The minimum Gasteiger partial charge on any atom is -0.453 e. The molecule has 8 heteroatoms. The molecule has 0 aromatic carbocycles. The number of H-pyrrole nitrogens is 1. The van der Waals surface area contributed by atoms with Crippen LogP contribution in [0.15, 0.2) is 24.5 Å². The van der Waals surface area contributed by atoms with E-state index in [1.807, 2.05) is 19.1 Å². The lowest BCUT2D eigenvalue weighted by Gasteiger charge is -2.14. The topological polar surface area (TPSA) is 100 Å². The number of hydrogen-bond donors (Lipinski definition) is 2. The number of carbonyl (C=O) groups excluding carboxylic acids is 2. The molecule has 2 aromatic heterocycles. The number of carbonyl (C=O) groups is 2. The molecule has 2 heterocycles. The van der Waals surface area contributed by atoms with Gasteiger partial charge in [0.15, 0.2) is 5.82 Å². The van der Waals surface area contributed by atoms with Crippen LogP contribution in [0, 0.1) is 6.92 Å². The van der Waals surface area contributed by atoms with Crippen LogP contribution in [0.2, 0.25) is 0 Å². The van der Waals surface area contributed by atoms with Crippen LogP contribution in [0.3, 0.4) is 0 Å². The number of ether oxygens (including phenoxy) is 1. The van der Waals surface area contributed by atoms with E-state index in [1.165, 1.54) is 12.0 Å². The molecule has 2 aromatic rings. The molecule has 0 saturated carbocycles. The molecule has 8 nitrogen and oxygen atoms in total. The van der Waals surface area contributed by atoms with E-state index in [0.717, 1.165) is 16.8 Å². The van der Waals surface area contributed by atoms with Gasteiger partial charge in [0, 0.05) is 43.5 Å². The van der Waals surface area contributed by atoms with E-state index in [9.17, 15) is 9.59 Å². The highest BCUT2D eigenvalue weighted by atomic mass is 16.5. The van der Waals surface area contributed by atoms with Gasteiger partial charge < -0.3 is 15.0 Å². The van der Waals surface area contributed by atoms with Crippen LogP contribution in [0.25, 0.3) is 11.3 Å². The fourth-order valence-corrected chi connectivity index (χ4v) is 2.24. The number of nitrogens with one attached hydrogen (secondary N) is 2. The first-order chi connectivity index (χ1) is 11.5. The lowest BCUT2D eigenvalue weighted by atomic mass is 10.1. The summed E-state index contributed by atoms with van der Waals surface area (Å²) in [5.74, 6) is 0.359. The maximum Gasteiger partial charge on any atom is 0.409 e. The van der Waals surface area contributed by atoms with Crippen LogP contribution in [0.1, 0.15) is 18.4 Å². The van der Waals surface area contributed by atoms with Crippen molar-refractivity contribution < 1.29 is 14.3 Å². The number of aromatic amines is 1. The monoisotopic (exact) mass is 331 g/mol. The van der Waals surface area contributed by atoms with Crippen molar-refractivity contribution in [3.05, 3.63) is 30.1 Å². The van der Waals surface area contributed by atoms with E-state index < -0.39 is 6.09 Å². The van der Waals surface area contributed by atoms with Gasteiger partial charge in [0.1, 0.15) is 0 Å². The Morgan fingerprint density at radius 3 is 2.71 bits per heavy atom. The number of anilines is 1. The lowest BCUT2D eigenvalue weighted by Crippen LogP contribution is -2.28. The van der Waals surface area contributed by atoms with Crippen LogP contribution in [-0.2, 0) is 9.53 Å². The van der Waals surface area contributed by atoms with Gasteiger partial charge in [-0.3, -0.25) is 14.9 Å². The third-order valence-corrected chi connectivity index (χ3v) is 3.62. The van der Waals surface area contributed by atoms with Gasteiger partial charge in [-0.25, -0.2) is 4.79 Å². The van der Waals surface area contributed by atoms with Crippen LogP contribution < -0.4 is 5.32 Å². The summed E-state index contributed by atoms with van der Waals surface area (Å²) >= 11 is 0. The van der Waals surface area contributed by atoms with Crippen molar-refractivity contribution in [3.63, 3.8) is 0 Å². The molecule has 2 rings (SSSR count). The summed E-state index contributed by atoms with van der Waals surface area (Å²) in [6.45, 7) is 2.34. The zero-order chi connectivity index (χ0) is 17.5. The summed E-state index contributed by atoms with van der Waals surface area (Å²) in [6.07, 6.45) is 3.81. The fraction of sp³-hybridized carbons (Fsp3) is 0.375. The number of nitrogens with zero attached hydrogens (tertiary/aromatic N) is 3. The van der Waals surface area contributed by atoms with Crippen molar-refractivity contribution in [3.8, 4) is 11.3 Å². The molecule has 24 heavy (non-hydrogen) atoms. The van der Waals surface area contributed by atoms with Gasteiger partial charge in [0.25, 0.3) is 0 Å². The summed E-state index contributed by atoms with van der Waals surface area (Å²) < 4.78 is 4.59. The van der Waals surface area contributed by atoms with Gasteiger partial charge >= 0.3 is 6.09 Å². The predicted molar refractivity (Wildman–Crippen MR) is 89.5 cm³/mol. The van der Waals surface area contributed by atoms with Crippen molar-refractivity contribution in [1.29, 1.82) is 0 Å². The van der Waals surface area contributed by atoms with Crippen LogP contribution in [-0.4, -0.2) is 52.8 Å². The number of aromatic nitrogens is 3. The van der Waals surface area contributed by atoms with Gasteiger partial charge in [0.05, 0.1) is 12.8 Å². The molecular weight excluding hydrogens is 310 g/mol. The first kappa shape index (κ1) is 17.5. The Bertz CT molecular complexity index is 699. The number of methoxy groups -OCH3 is 1. The second-order valence-corrected chi connectivity index (χ2v) is 5.35. The highest BCUT2D eigenvalue weighted by molar-refractivity contribution is 5.91. The molecule has 0 fully saturated rings. The molecule has 0 aliphatic rings. The lowest BCUT2D eigenvalue weighted by molar-refractivity contribution is -0.116. The number of hydrogen-bond acceptors (Lipinski definition) is 5. The highest BCUT2D eigenvalue weighted by Crippen LogP contribution is 2.25. The molecule has 2 N–H and O–H groups in total. The Morgan fingerprint density at radius 1 is 1.33 bits per heavy atom. The van der Waals surface area contributed by atoms with Gasteiger partial charge in [-0.2, -0.15) is 5.10 Å². The predicted octanol–water partition coefficient (Wildman–Crippen LogP) is 2.20. The van der Waals surface area contributed by atoms with Gasteiger partial charge in [0.2, 0.25) is 5.91 Å². The van der Waals surface area contributed by atoms with E-state index in [1.54, 1.807) is 19.4 Å². The Kier molecular flexibility index (Phi) is 5.89. The minimum atomic E-state index is -0.416. The zero-order valence-corrected chi connectivity index (χ0v) is 14.0. The zero-order valence-electron chi connectivity index (χ0n) is 14.0. The maximum atomic E-state index is 12.0. The molecule has 2 amide bonds. The largest absolute Gasteiger partial charge is 0.453 e. The smallest absolute Gasteiger partial charge is 0.409 e. The second-order valence-electron chi connectivity index (χ2n) is 5.35. The molecule has 0 unspecified atom stereocenters. The average molecular weight is 331 g/mol. The van der Waals surface area contributed by atoms with Gasteiger partial charge in [-0.1, -0.05) is 0 Å². The van der Waals surface area contributed by atoms with Gasteiger partial charge in [-0.05, 0) is 25.5 Å². The molecule has 0 spiro atoms. The number of pyridine rings is 1. The third kappa shape index (κ3) is 4.31. The summed E-state index contributed by atoms with van der Waals surface area (Å²) in [7, 11) is 2.95. The normalized spacial score (nSPS) is 10.3. The third-order valence-electron chi connectivity index (χ3n) is 3.62. The Hall–Kier alpha value is -2.90. The molecule has 0 aliphatic carbocycles. The maximum absolute atomic E-state index is 12.0. The summed E-state index contributed by atoms with van der Waals surface area (Å²) in [6, 6.07) is 3.74. The van der Waals surface area contributed by atoms with Crippen LogP contribution in [0.5, 0.6) is 0 Å². The second kappa shape index (κ2) is 8.09. The van der Waals surface area contributed by atoms with Crippen LogP contribution in [0.4, 0.5) is 10.6 Å². The summed E-state index contributed by atoms with van der Waals surface area (Å²) in [4.78, 5) is 28.7. The number of rotatable bonds is 6. The first-order valence-corrected chi connectivity index (χ1v) is 7.57. The Morgan fingerprint density at radius 2 is 2.04 bits per heavy atom. The van der Waals surface area contributed by atoms with E-state index in [2.05, 4.69) is 25.2 Å².